The lowest BCUT2D eigenvalue weighted by Gasteiger charge is -2.18. The van der Waals surface area contributed by atoms with Gasteiger partial charge >= 0.3 is 0 Å². The standard InChI is InChI=1S/C26H22N2O3S/c1-16-12-17(2)23-22(13-16)32-26(27-23)28(15-18-8-5-4-6-9-18)25(29)21-14-19-10-7-11-20(30-3)24(19)31-21/h4-14H,15H2,1-3H3. The molecule has 5 aromatic rings. The monoisotopic (exact) mass is 442 g/mol. The third-order valence-electron chi connectivity index (χ3n) is 5.42. The number of methoxy groups -OCH3 is 1. The lowest BCUT2D eigenvalue weighted by atomic mass is 10.1. The summed E-state index contributed by atoms with van der Waals surface area (Å²) in [5.74, 6) is 0.621. The van der Waals surface area contributed by atoms with E-state index in [-0.39, 0.29) is 11.7 Å². The molecule has 0 spiro atoms. The summed E-state index contributed by atoms with van der Waals surface area (Å²) in [6, 6.07) is 21.5. The van der Waals surface area contributed by atoms with Crippen LogP contribution in [0.5, 0.6) is 5.75 Å². The molecule has 0 aliphatic rings. The molecule has 5 nitrogen and oxygen atoms in total. The van der Waals surface area contributed by atoms with E-state index in [1.54, 1.807) is 18.1 Å². The molecule has 0 aliphatic heterocycles. The summed E-state index contributed by atoms with van der Waals surface area (Å²) in [7, 11) is 1.59. The summed E-state index contributed by atoms with van der Waals surface area (Å²) < 4.78 is 12.4. The molecule has 5 rings (SSSR count). The second-order valence-corrected chi connectivity index (χ2v) is 8.80. The summed E-state index contributed by atoms with van der Waals surface area (Å²) in [6.45, 7) is 4.51. The van der Waals surface area contributed by atoms with Crippen molar-refractivity contribution in [2.75, 3.05) is 12.0 Å². The Morgan fingerprint density at radius 1 is 1.06 bits per heavy atom. The van der Waals surface area contributed by atoms with Crippen LogP contribution in [-0.4, -0.2) is 18.0 Å². The van der Waals surface area contributed by atoms with E-state index in [4.69, 9.17) is 14.1 Å². The van der Waals surface area contributed by atoms with Gasteiger partial charge in [0.25, 0.3) is 5.91 Å². The molecule has 1 amide bonds. The average molecular weight is 443 g/mol. The molecule has 0 unspecified atom stereocenters. The lowest BCUT2D eigenvalue weighted by Crippen LogP contribution is -2.30. The molecule has 160 valence electrons. The molecule has 0 N–H and O–H groups in total. The number of fused-ring (bicyclic) bond motifs is 2. The zero-order valence-electron chi connectivity index (χ0n) is 18.1. The van der Waals surface area contributed by atoms with Gasteiger partial charge in [0.2, 0.25) is 0 Å². The van der Waals surface area contributed by atoms with E-state index < -0.39 is 0 Å². The first kappa shape index (κ1) is 20.3. The fraction of sp³-hybridized carbons (Fsp3) is 0.154. The molecule has 2 heterocycles. The van der Waals surface area contributed by atoms with Crippen LogP contribution in [0.4, 0.5) is 5.13 Å². The van der Waals surface area contributed by atoms with E-state index in [2.05, 4.69) is 19.1 Å². The third kappa shape index (κ3) is 3.63. The number of hydrogen-bond donors (Lipinski definition) is 0. The first-order chi connectivity index (χ1) is 15.5. The number of para-hydroxylation sites is 1. The van der Waals surface area contributed by atoms with E-state index in [1.807, 2.05) is 55.5 Å². The maximum atomic E-state index is 13.7. The Morgan fingerprint density at radius 2 is 1.88 bits per heavy atom. The Bertz CT molecular complexity index is 1440. The number of ether oxygens (including phenoxy) is 1. The zero-order valence-corrected chi connectivity index (χ0v) is 18.9. The molecule has 0 saturated carbocycles. The van der Waals surface area contributed by atoms with Crippen molar-refractivity contribution in [1.82, 2.24) is 4.98 Å². The van der Waals surface area contributed by atoms with Crippen molar-refractivity contribution in [1.29, 1.82) is 0 Å². The number of carbonyl (C=O) groups is 1. The fourth-order valence-electron chi connectivity index (χ4n) is 3.90. The van der Waals surface area contributed by atoms with E-state index in [0.717, 1.165) is 26.7 Å². The van der Waals surface area contributed by atoms with Gasteiger partial charge in [-0.3, -0.25) is 9.69 Å². The highest BCUT2D eigenvalue weighted by molar-refractivity contribution is 7.22. The lowest BCUT2D eigenvalue weighted by molar-refractivity contribution is 0.0960. The topological polar surface area (TPSA) is 55.6 Å². The van der Waals surface area contributed by atoms with Crippen molar-refractivity contribution >= 4 is 43.6 Å². The molecule has 0 atom stereocenters. The van der Waals surface area contributed by atoms with Crippen LogP contribution in [0.1, 0.15) is 27.2 Å². The second kappa shape index (κ2) is 8.13. The Labute approximate surface area is 189 Å². The number of furan rings is 1. The first-order valence-corrected chi connectivity index (χ1v) is 11.2. The summed E-state index contributed by atoms with van der Waals surface area (Å²) in [4.78, 5) is 20.2. The summed E-state index contributed by atoms with van der Waals surface area (Å²) in [5.41, 5.74) is 4.78. The molecule has 0 fully saturated rings. The van der Waals surface area contributed by atoms with Gasteiger partial charge < -0.3 is 9.15 Å². The van der Waals surface area contributed by atoms with Crippen LogP contribution in [0.2, 0.25) is 0 Å². The van der Waals surface area contributed by atoms with Gasteiger partial charge in [0.15, 0.2) is 22.2 Å². The van der Waals surface area contributed by atoms with Gasteiger partial charge in [-0.15, -0.1) is 0 Å². The van der Waals surface area contributed by atoms with Gasteiger partial charge in [-0.25, -0.2) is 4.98 Å². The van der Waals surface area contributed by atoms with Gasteiger partial charge in [0, 0.05) is 5.39 Å². The number of hydrogen-bond acceptors (Lipinski definition) is 5. The van der Waals surface area contributed by atoms with Crippen LogP contribution in [0, 0.1) is 13.8 Å². The first-order valence-electron chi connectivity index (χ1n) is 10.3. The summed E-state index contributed by atoms with van der Waals surface area (Å²) in [6.07, 6.45) is 0. The average Bonchev–Trinajstić information content (AvgIpc) is 3.42. The van der Waals surface area contributed by atoms with Crippen molar-refractivity contribution in [2.24, 2.45) is 0 Å². The van der Waals surface area contributed by atoms with E-state index in [0.29, 0.717) is 23.0 Å². The summed E-state index contributed by atoms with van der Waals surface area (Å²) >= 11 is 1.52. The minimum atomic E-state index is -0.236. The van der Waals surface area contributed by atoms with Gasteiger partial charge in [-0.2, -0.15) is 0 Å². The number of aryl methyl sites for hydroxylation is 2. The minimum absolute atomic E-state index is 0.236. The van der Waals surface area contributed by atoms with E-state index >= 15 is 0 Å². The molecule has 6 heteroatoms. The second-order valence-electron chi connectivity index (χ2n) is 7.79. The number of anilines is 1. The maximum Gasteiger partial charge on any atom is 0.296 e. The molecular weight excluding hydrogens is 420 g/mol. The number of carbonyl (C=O) groups excluding carboxylic acids is 1. The highest BCUT2D eigenvalue weighted by Gasteiger charge is 2.25. The van der Waals surface area contributed by atoms with Crippen molar-refractivity contribution < 1.29 is 13.9 Å². The smallest absolute Gasteiger partial charge is 0.296 e. The molecule has 32 heavy (non-hydrogen) atoms. The number of amides is 1. The van der Waals surface area contributed by atoms with Crippen molar-refractivity contribution in [3.05, 3.63) is 89.2 Å². The van der Waals surface area contributed by atoms with E-state index in [1.165, 1.54) is 16.9 Å². The van der Waals surface area contributed by atoms with E-state index in [9.17, 15) is 4.79 Å². The Balaban J connectivity index is 1.61. The molecule has 3 aromatic carbocycles. The third-order valence-corrected chi connectivity index (χ3v) is 6.44. The van der Waals surface area contributed by atoms with Crippen LogP contribution in [0.3, 0.4) is 0 Å². The fourth-order valence-corrected chi connectivity index (χ4v) is 5.04. The number of benzene rings is 3. The highest BCUT2D eigenvalue weighted by Crippen LogP contribution is 2.35. The molecular formula is C26H22N2O3S. The van der Waals surface area contributed by atoms with Crippen molar-refractivity contribution in [3.63, 3.8) is 0 Å². The quantitative estimate of drug-likeness (QED) is 0.311. The predicted molar refractivity (Wildman–Crippen MR) is 129 cm³/mol. The normalized spacial score (nSPS) is 11.2. The minimum Gasteiger partial charge on any atom is -0.493 e. The van der Waals surface area contributed by atoms with Gasteiger partial charge in [-0.05, 0) is 48.7 Å². The predicted octanol–water partition coefficient (Wildman–Crippen LogP) is 6.51. The Hall–Kier alpha value is -3.64. The van der Waals surface area contributed by atoms with Crippen LogP contribution in [0.25, 0.3) is 21.2 Å². The molecule has 2 aromatic heterocycles. The highest BCUT2D eigenvalue weighted by atomic mass is 32.1. The molecule has 0 bridgehead atoms. The van der Waals surface area contributed by atoms with Gasteiger partial charge in [-0.1, -0.05) is 59.9 Å². The van der Waals surface area contributed by atoms with Gasteiger partial charge in [0.1, 0.15) is 0 Å². The zero-order chi connectivity index (χ0) is 22.2. The van der Waals surface area contributed by atoms with Crippen LogP contribution in [-0.2, 0) is 6.54 Å². The number of thiazole rings is 1. The van der Waals surface area contributed by atoms with Crippen molar-refractivity contribution in [3.8, 4) is 5.75 Å². The molecule has 0 radical (unpaired) electrons. The van der Waals surface area contributed by atoms with Crippen LogP contribution >= 0.6 is 11.3 Å². The summed E-state index contributed by atoms with van der Waals surface area (Å²) in [5, 5.41) is 1.47. The molecule has 0 aliphatic carbocycles. The Kier molecular flexibility index (Phi) is 5.15. The van der Waals surface area contributed by atoms with Crippen LogP contribution < -0.4 is 9.64 Å². The largest absolute Gasteiger partial charge is 0.493 e. The van der Waals surface area contributed by atoms with Gasteiger partial charge in [0.05, 0.1) is 23.9 Å². The maximum absolute atomic E-state index is 13.7. The van der Waals surface area contributed by atoms with Crippen LogP contribution in [0.15, 0.2) is 71.1 Å². The Morgan fingerprint density at radius 3 is 2.66 bits per heavy atom. The SMILES string of the molecule is COc1cccc2cc(C(=O)N(Cc3ccccc3)c3nc4c(C)cc(C)cc4s3)oc12. The molecule has 0 saturated heterocycles. The number of rotatable bonds is 5. The number of aromatic nitrogens is 1. The number of nitrogens with zero attached hydrogens (tertiary/aromatic N) is 2. The van der Waals surface area contributed by atoms with Crippen molar-refractivity contribution in [2.45, 2.75) is 20.4 Å².